The Bertz CT molecular complexity index is 1300. The minimum Gasteiger partial charge on any atom is -0.467 e. The van der Waals surface area contributed by atoms with Crippen molar-refractivity contribution in [3.8, 4) is 11.3 Å². The van der Waals surface area contributed by atoms with Gasteiger partial charge in [-0.2, -0.15) is 5.10 Å². The van der Waals surface area contributed by atoms with Gasteiger partial charge in [0.2, 0.25) is 0 Å². The van der Waals surface area contributed by atoms with Crippen molar-refractivity contribution in [2.45, 2.75) is 13.5 Å². The van der Waals surface area contributed by atoms with Gasteiger partial charge >= 0.3 is 0 Å². The lowest BCUT2D eigenvalue weighted by atomic mass is 10.1. The van der Waals surface area contributed by atoms with E-state index in [-0.39, 0.29) is 24.0 Å². The molecule has 160 valence electrons. The zero-order valence-corrected chi connectivity index (χ0v) is 17.7. The number of fused-ring (bicyclic) bond motifs is 1. The number of pyridine rings is 2. The summed E-state index contributed by atoms with van der Waals surface area (Å²) in [5.41, 5.74) is 2.19. The normalized spacial score (nSPS) is 11.6. The number of nitrogens with zero attached hydrogens (tertiary/aromatic N) is 4. The minimum atomic E-state index is -3.18. The lowest BCUT2D eigenvalue weighted by Crippen LogP contribution is -2.29. The molecule has 4 aromatic heterocycles. The zero-order valence-electron chi connectivity index (χ0n) is 16.9. The van der Waals surface area contributed by atoms with Crippen molar-refractivity contribution in [1.29, 1.82) is 0 Å². The zero-order chi connectivity index (χ0) is 21.8. The van der Waals surface area contributed by atoms with E-state index in [9.17, 15) is 13.2 Å². The second kappa shape index (κ2) is 8.68. The fraction of sp³-hybridized carbons (Fsp3) is 0.238. The van der Waals surface area contributed by atoms with E-state index in [1.807, 2.05) is 12.1 Å². The van der Waals surface area contributed by atoms with Crippen LogP contribution in [0, 0.1) is 0 Å². The van der Waals surface area contributed by atoms with Crippen molar-refractivity contribution >= 4 is 26.8 Å². The van der Waals surface area contributed by atoms with Gasteiger partial charge in [0, 0.05) is 30.3 Å². The predicted molar refractivity (Wildman–Crippen MR) is 115 cm³/mol. The number of hydrogen-bond donors (Lipinski definition) is 1. The van der Waals surface area contributed by atoms with Crippen LogP contribution < -0.4 is 5.32 Å². The first-order valence-corrected chi connectivity index (χ1v) is 11.6. The van der Waals surface area contributed by atoms with E-state index in [0.29, 0.717) is 34.6 Å². The van der Waals surface area contributed by atoms with Gasteiger partial charge in [-0.05, 0) is 30.3 Å². The maximum atomic E-state index is 12.9. The van der Waals surface area contributed by atoms with Crippen LogP contribution in [0.3, 0.4) is 0 Å². The molecule has 0 aliphatic heterocycles. The summed E-state index contributed by atoms with van der Waals surface area (Å²) in [4.78, 5) is 21.8. The molecule has 0 spiro atoms. The molecule has 0 atom stereocenters. The molecule has 9 nitrogen and oxygen atoms in total. The third-order valence-corrected chi connectivity index (χ3v) is 6.54. The van der Waals surface area contributed by atoms with Crippen LogP contribution in [0.2, 0.25) is 0 Å². The Labute approximate surface area is 179 Å². The number of nitrogens with one attached hydrogen (secondary N) is 1. The Balaban J connectivity index is 1.72. The third kappa shape index (κ3) is 4.64. The van der Waals surface area contributed by atoms with Gasteiger partial charge in [-0.1, -0.05) is 6.92 Å². The number of hydrogen-bond acceptors (Lipinski definition) is 7. The number of carbonyl (C=O) groups excluding carboxylic acids is 1. The predicted octanol–water partition coefficient (Wildman–Crippen LogP) is 2.30. The van der Waals surface area contributed by atoms with Crippen LogP contribution in [0.25, 0.3) is 22.3 Å². The second-order valence-electron chi connectivity index (χ2n) is 6.91. The number of amides is 1. The summed E-state index contributed by atoms with van der Waals surface area (Å²) in [6.07, 6.45) is 6.48. The van der Waals surface area contributed by atoms with E-state index in [2.05, 4.69) is 15.4 Å². The highest BCUT2D eigenvalue weighted by Gasteiger charge is 2.19. The quantitative estimate of drug-likeness (QED) is 0.447. The summed E-state index contributed by atoms with van der Waals surface area (Å²) < 4.78 is 30.5. The van der Waals surface area contributed by atoms with Gasteiger partial charge in [0.15, 0.2) is 15.5 Å². The maximum Gasteiger partial charge on any atom is 0.252 e. The summed E-state index contributed by atoms with van der Waals surface area (Å²) in [5.74, 6) is 0.236. The molecule has 0 unspecified atom stereocenters. The summed E-state index contributed by atoms with van der Waals surface area (Å²) >= 11 is 0. The first kappa shape index (κ1) is 20.7. The second-order valence-corrected chi connectivity index (χ2v) is 9.38. The van der Waals surface area contributed by atoms with E-state index in [1.54, 1.807) is 54.7 Å². The molecule has 0 aromatic carbocycles. The largest absolute Gasteiger partial charge is 0.467 e. The molecule has 4 heterocycles. The first-order chi connectivity index (χ1) is 15.0. The number of aromatic nitrogens is 4. The summed E-state index contributed by atoms with van der Waals surface area (Å²) in [5, 5.41) is 7.65. The Kier molecular flexibility index (Phi) is 5.81. The molecular formula is C21H21N5O4S. The highest BCUT2D eigenvalue weighted by molar-refractivity contribution is 7.91. The summed E-state index contributed by atoms with van der Waals surface area (Å²) in [6, 6.07) is 8.93. The number of rotatable bonds is 8. The summed E-state index contributed by atoms with van der Waals surface area (Å²) in [6.45, 7) is 1.97. The van der Waals surface area contributed by atoms with Crippen molar-refractivity contribution in [3.63, 3.8) is 0 Å². The fourth-order valence-corrected chi connectivity index (χ4v) is 3.82. The molecule has 10 heteroatoms. The van der Waals surface area contributed by atoms with Crippen molar-refractivity contribution in [2.75, 3.05) is 18.1 Å². The fourth-order valence-electron chi connectivity index (χ4n) is 3.12. The molecule has 4 aromatic rings. The standard InChI is InChI=1S/C21H21N5O4S/c1-2-31(28,29)10-8-23-21(27)17-11-19(15-5-3-7-22-12-15)25-20-18(17)13-24-26(20)14-16-6-4-9-30-16/h3-7,9,11-13H,2,8,10,14H2,1H3,(H,23,27). The lowest BCUT2D eigenvalue weighted by Gasteiger charge is -2.09. The van der Waals surface area contributed by atoms with E-state index in [1.165, 1.54) is 0 Å². The van der Waals surface area contributed by atoms with Crippen LogP contribution in [-0.4, -0.2) is 52.1 Å². The van der Waals surface area contributed by atoms with E-state index in [0.717, 1.165) is 5.56 Å². The third-order valence-electron chi connectivity index (χ3n) is 4.84. The molecule has 31 heavy (non-hydrogen) atoms. The smallest absolute Gasteiger partial charge is 0.252 e. The topological polar surface area (TPSA) is 120 Å². The van der Waals surface area contributed by atoms with Crippen LogP contribution in [0.4, 0.5) is 0 Å². The molecule has 4 rings (SSSR count). The Morgan fingerprint density at radius 3 is 2.81 bits per heavy atom. The Morgan fingerprint density at radius 2 is 2.10 bits per heavy atom. The van der Waals surface area contributed by atoms with Crippen LogP contribution in [0.1, 0.15) is 23.0 Å². The number of furan rings is 1. The Hall–Kier alpha value is -3.53. The maximum absolute atomic E-state index is 12.9. The van der Waals surface area contributed by atoms with Gasteiger partial charge in [0.1, 0.15) is 12.3 Å². The molecule has 0 aliphatic carbocycles. The van der Waals surface area contributed by atoms with Crippen LogP contribution in [-0.2, 0) is 16.4 Å². The van der Waals surface area contributed by atoms with Gasteiger partial charge in [-0.3, -0.25) is 9.78 Å². The average Bonchev–Trinajstić information content (AvgIpc) is 3.44. The molecule has 1 N–H and O–H groups in total. The van der Waals surface area contributed by atoms with Gasteiger partial charge in [0.25, 0.3) is 5.91 Å². The van der Waals surface area contributed by atoms with Crippen LogP contribution in [0.5, 0.6) is 0 Å². The molecule has 1 amide bonds. The van der Waals surface area contributed by atoms with E-state index in [4.69, 9.17) is 9.40 Å². The SMILES string of the molecule is CCS(=O)(=O)CCNC(=O)c1cc(-c2cccnc2)nc2c1cnn2Cc1ccco1. The average molecular weight is 439 g/mol. The van der Waals surface area contributed by atoms with E-state index >= 15 is 0 Å². The highest BCUT2D eigenvalue weighted by atomic mass is 32.2. The van der Waals surface area contributed by atoms with Crippen LogP contribution >= 0.6 is 0 Å². The van der Waals surface area contributed by atoms with Gasteiger partial charge in [-0.15, -0.1) is 0 Å². The summed E-state index contributed by atoms with van der Waals surface area (Å²) in [7, 11) is -3.18. The minimum absolute atomic E-state index is 0.0293. The van der Waals surface area contributed by atoms with Crippen molar-refractivity contribution in [2.24, 2.45) is 0 Å². The van der Waals surface area contributed by atoms with Gasteiger partial charge in [0.05, 0.1) is 34.9 Å². The first-order valence-electron chi connectivity index (χ1n) is 9.75. The molecule has 0 bridgehead atoms. The van der Waals surface area contributed by atoms with Crippen molar-refractivity contribution < 1.29 is 17.6 Å². The molecular weight excluding hydrogens is 418 g/mol. The van der Waals surface area contributed by atoms with Gasteiger partial charge < -0.3 is 9.73 Å². The van der Waals surface area contributed by atoms with E-state index < -0.39 is 9.84 Å². The Morgan fingerprint density at radius 1 is 1.23 bits per heavy atom. The number of sulfone groups is 1. The molecule has 0 saturated carbocycles. The lowest BCUT2D eigenvalue weighted by molar-refractivity contribution is 0.0957. The highest BCUT2D eigenvalue weighted by Crippen LogP contribution is 2.25. The molecule has 0 fully saturated rings. The monoisotopic (exact) mass is 439 g/mol. The number of carbonyl (C=O) groups is 1. The van der Waals surface area contributed by atoms with Crippen LogP contribution in [0.15, 0.2) is 59.6 Å². The van der Waals surface area contributed by atoms with Gasteiger partial charge in [-0.25, -0.2) is 18.1 Å². The molecule has 0 saturated heterocycles. The van der Waals surface area contributed by atoms with Crippen molar-refractivity contribution in [3.05, 3.63) is 66.5 Å². The molecule has 0 aliphatic rings. The van der Waals surface area contributed by atoms with Crippen molar-refractivity contribution in [1.82, 2.24) is 25.1 Å². The molecule has 0 radical (unpaired) electrons.